The molecule has 1 saturated heterocycles. The van der Waals surface area contributed by atoms with Gasteiger partial charge in [-0.1, -0.05) is 12.1 Å². The van der Waals surface area contributed by atoms with Crippen LogP contribution in [0, 0.1) is 13.8 Å². The molecule has 0 bridgehead atoms. The molecule has 0 radical (unpaired) electrons. The Morgan fingerprint density at radius 3 is 2.67 bits per heavy atom. The van der Waals surface area contributed by atoms with Crippen molar-refractivity contribution in [2.75, 3.05) is 6.54 Å². The standard InChI is InChI=1S/C17H20N4O2S/c1-11-16(12(2)20(3)18-11)14-8-6-10-21(14)17-13-7-4-5-9-15(13)24(22,23)19-17/h4-5,7,9,14H,6,8,10H2,1-3H3. The summed E-state index contributed by atoms with van der Waals surface area (Å²) in [5.41, 5.74) is 4.03. The number of aromatic nitrogens is 2. The van der Waals surface area contributed by atoms with Gasteiger partial charge < -0.3 is 4.90 Å². The maximum atomic E-state index is 12.4. The molecule has 4 rings (SSSR count). The highest BCUT2D eigenvalue weighted by Crippen LogP contribution is 2.39. The molecule has 0 aliphatic carbocycles. The van der Waals surface area contributed by atoms with Crippen molar-refractivity contribution in [3.8, 4) is 0 Å². The van der Waals surface area contributed by atoms with Gasteiger partial charge in [0.15, 0.2) is 5.84 Å². The first kappa shape index (κ1) is 15.4. The second-order valence-electron chi connectivity index (χ2n) is 6.45. The molecule has 2 aliphatic heterocycles. The zero-order valence-electron chi connectivity index (χ0n) is 14.0. The average molecular weight is 344 g/mol. The van der Waals surface area contributed by atoms with Crippen LogP contribution < -0.4 is 0 Å². The molecule has 0 saturated carbocycles. The number of benzene rings is 1. The normalized spacial score (nSPS) is 21.9. The summed E-state index contributed by atoms with van der Waals surface area (Å²) in [7, 11) is -1.64. The average Bonchev–Trinajstić information content (AvgIpc) is 3.17. The molecule has 24 heavy (non-hydrogen) atoms. The zero-order chi connectivity index (χ0) is 17.1. The summed E-state index contributed by atoms with van der Waals surface area (Å²) in [6, 6.07) is 7.20. The molecule has 0 amide bonds. The van der Waals surface area contributed by atoms with E-state index in [4.69, 9.17) is 0 Å². The molecule has 1 aromatic carbocycles. The van der Waals surface area contributed by atoms with Crippen LogP contribution in [0.15, 0.2) is 33.6 Å². The number of aryl methyl sites for hydroxylation is 2. The SMILES string of the molecule is Cc1nn(C)c(C)c1C1CCCN1C1=NS(=O)(=O)c2ccccc21. The molecular formula is C17H20N4O2S. The van der Waals surface area contributed by atoms with Crippen LogP contribution in [0.5, 0.6) is 0 Å². The van der Waals surface area contributed by atoms with Crippen LogP contribution in [-0.2, 0) is 17.1 Å². The minimum atomic E-state index is -3.59. The summed E-state index contributed by atoms with van der Waals surface area (Å²) in [4.78, 5) is 2.45. The topological polar surface area (TPSA) is 67.6 Å². The summed E-state index contributed by atoms with van der Waals surface area (Å²) in [5, 5.41) is 4.52. The van der Waals surface area contributed by atoms with Gasteiger partial charge in [-0.05, 0) is 38.8 Å². The van der Waals surface area contributed by atoms with Gasteiger partial charge >= 0.3 is 0 Å². The van der Waals surface area contributed by atoms with Crippen molar-refractivity contribution in [2.24, 2.45) is 11.4 Å². The molecule has 6 nitrogen and oxygen atoms in total. The smallest absolute Gasteiger partial charge is 0.285 e. The molecule has 3 heterocycles. The lowest BCUT2D eigenvalue weighted by molar-refractivity contribution is 0.399. The van der Waals surface area contributed by atoms with Crippen molar-refractivity contribution < 1.29 is 8.42 Å². The van der Waals surface area contributed by atoms with Crippen LogP contribution in [0.2, 0.25) is 0 Å². The van der Waals surface area contributed by atoms with Gasteiger partial charge in [-0.3, -0.25) is 4.68 Å². The van der Waals surface area contributed by atoms with Crippen molar-refractivity contribution in [3.05, 3.63) is 46.8 Å². The molecule has 1 unspecified atom stereocenters. The lowest BCUT2D eigenvalue weighted by atomic mass is 10.0. The first-order valence-electron chi connectivity index (χ1n) is 8.11. The molecule has 2 aromatic rings. The van der Waals surface area contributed by atoms with Gasteiger partial charge in [-0.15, -0.1) is 4.40 Å². The quantitative estimate of drug-likeness (QED) is 0.796. The first-order chi connectivity index (χ1) is 11.4. The molecular weight excluding hydrogens is 324 g/mol. The molecule has 126 valence electrons. The van der Waals surface area contributed by atoms with Gasteiger partial charge in [-0.2, -0.15) is 13.5 Å². The van der Waals surface area contributed by atoms with E-state index in [1.165, 1.54) is 5.56 Å². The number of sulfonamides is 1. The van der Waals surface area contributed by atoms with Crippen LogP contribution in [0.25, 0.3) is 0 Å². The van der Waals surface area contributed by atoms with Gasteiger partial charge in [0.25, 0.3) is 10.0 Å². The molecule has 2 aliphatic rings. The van der Waals surface area contributed by atoms with E-state index in [1.807, 2.05) is 30.8 Å². The second kappa shape index (κ2) is 5.17. The highest BCUT2D eigenvalue weighted by Gasteiger charge is 2.38. The Labute approximate surface area is 141 Å². The van der Waals surface area contributed by atoms with Crippen molar-refractivity contribution in [3.63, 3.8) is 0 Å². The number of fused-ring (bicyclic) bond motifs is 1. The van der Waals surface area contributed by atoms with Crippen LogP contribution >= 0.6 is 0 Å². The van der Waals surface area contributed by atoms with E-state index in [2.05, 4.69) is 21.3 Å². The summed E-state index contributed by atoms with van der Waals surface area (Å²) in [6.07, 6.45) is 1.99. The van der Waals surface area contributed by atoms with Gasteiger partial charge in [0, 0.05) is 30.4 Å². The number of rotatable bonds is 1. The van der Waals surface area contributed by atoms with Crippen LogP contribution in [0.4, 0.5) is 0 Å². The van der Waals surface area contributed by atoms with Crippen LogP contribution in [-0.4, -0.2) is 35.5 Å². The van der Waals surface area contributed by atoms with E-state index < -0.39 is 10.0 Å². The first-order valence-corrected chi connectivity index (χ1v) is 9.55. The molecule has 1 aromatic heterocycles. The van der Waals surface area contributed by atoms with Crippen molar-refractivity contribution >= 4 is 15.9 Å². The third kappa shape index (κ3) is 2.11. The van der Waals surface area contributed by atoms with Crippen molar-refractivity contribution in [1.29, 1.82) is 0 Å². The Morgan fingerprint density at radius 2 is 1.96 bits per heavy atom. The van der Waals surface area contributed by atoms with E-state index in [9.17, 15) is 8.42 Å². The van der Waals surface area contributed by atoms with Gasteiger partial charge in [0.05, 0.1) is 11.7 Å². The Kier molecular flexibility index (Phi) is 3.32. The predicted octanol–water partition coefficient (Wildman–Crippen LogP) is 2.32. The van der Waals surface area contributed by atoms with Crippen molar-refractivity contribution in [1.82, 2.24) is 14.7 Å². The zero-order valence-corrected chi connectivity index (χ0v) is 14.8. The highest BCUT2D eigenvalue weighted by molar-refractivity contribution is 7.90. The maximum Gasteiger partial charge on any atom is 0.285 e. The van der Waals surface area contributed by atoms with E-state index >= 15 is 0 Å². The van der Waals surface area contributed by atoms with Gasteiger partial charge in [-0.25, -0.2) is 0 Å². The third-order valence-electron chi connectivity index (χ3n) is 5.04. The second-order valence-corrected chi connectivity index (χ2v) is 8.02. The Hall–Kier alpha value is -2.15. The fourth-order valence-corrected chi connectivity index (χ4v) is 5.11. The fourth-order valence-electron chi connectivity index (χ4n) is 3.89. The number of hydrogen-bond acceptors (Lipinski definition) is 4. The molecule has 1 atom stereocenters. The summed E-state index contributed by atoms with van der Waals surface area (Å²) in [6.45, 7) is 4.88. The highest BCUT2D eigenvalue weighted by atomic mass is 32.2. The monoisotopic (exact) mass is 344 g/mol. The van der Waals surface area contributed by atoms with E-state index in [-0.39, 0.29) is 6.04 Å². The van der Waals surface area contributed by atoms with E-state index in [1.54, 1.807) is 12.1 Å². The molecule has 1 fully saturated rings. The number of amidine groups is 1. The Morgan fingerprint density at radius 1 is 1.21 bits per heavy atom. The maximum absolute atomic E-state index is 12.4. The predicted molar refractivity (Wildman–Crippen MR) is 91.5 cm³/mol. The Balaban J connectivity index is 1.83. The molecule has 0 N–H and O–H groups in total. The lowest BCUT2D eigenvalue weighted by Gasteiger charge is -2.27. The number of nitrogens with zero attached hydrogens (tertiary/aromatic N) is 4. The largest absolute Gasteiger partial charge is 0.348 e. The summed E-state index contributed by atoms with van der Waals surface area (Å²) >= 11 is 0. The van der Waals surface area contributed by atoms with E-state index in [0.717, 1.165) is 30.8 Å². The number of hydrogen-bond donors (Lipinski definition) is 0. The van der Waals surface area contributed by atoms with E-state index in [0.29, 0.717) is 16.3 Å². The summed E-state index contributed by atoms with van der Waals surface area (Å²) < 4.78 is 30.7. The van der Waals surface area contributed by atoms with Gasteiger partial charge in [0.1, 0.15) is 4.90 Å². The number of likely N-dealkylation sites (tertiary alicyclic amines) is 1. The molecule has 0 spiro atoms. The van der Waals surface area contributed by atoms with Crippen LogP contribution in [0.1, 0.15) is 41.4 Å². The minimum Gasteiger partial charge on any atom is -0.348 e. The summed E-state index contributed by atoms with van der Waals surface area (Å²) in [5.74, 6) is 0.579. The lowest BCUT2D eigenvalue weighted by Crippen LogP contribution is -2.31. The Bertz CT molecular complexity index is 959. The fraction of sp³-hybridized carbons (Fsp3) is 0.412. The van der Waals surface area contributed by atoms with Crippen molar-refractivity contribution in [2.45, 2.75) is 37.6 Å². The van der Waals surface area contributed by atoms with Crippen LogP contribution in [0.3, 0.4) is 0 Å². The minimum absolute atomic E-state index is 0.124. The van der Waals surface area contributed by atoms with Gasteiger partial charge in [0.2, 0.25) is 0 Å². The molecule has 7 heteroatoms. The third-order valence-corrected chi connectivity index (χ3v) is 6.36.